The molecular formula is C16H22F3N3O2. The first-order chi connectivity index (χ1) is 11.3. The normalized spacial score (nSPS) is 16.8. The first-order valence-electron chi connectivity index (χ1n) is 7.77. The van der Waals surface area contributed by atoms with Gasteiger partial charge in [-0.25, -0.2) is 0 Å². The largest absolute Gasteiger partial charge is 0.573 e. The molecule has 1 atom stereocenters. The summed E-state index contributed by atoms with van der Waals surface area (Å²) in [6.45, 7) is 0.283. The molecule has 1 unspecified atom stereocenters. The van der Waals surface area contributed by atoms with E-state index in [4.69, 9.17) is 5.73 Å². The van der Waals surface area contributed by atoms with Crippen LogP contribution in [0.3, 0.4) is 0 Å². The number of nitrogens with two attached hydrogens (primary N) is 1. The summed E-state index contributed by atoms with van der Waals surface area (Å²) >= 11 is 0. The van der Waals surface area contributed by atoms with Crippen molar-refractivity contribution in [3.63, 3.8) is 0 Å². The van der Waals surface area contributed by atoms with Crippen LogP contribution in [0.25, 0.3) is 0 Å². The van der Waals surface area contributed by atoms with E-state index in [1.165, 1.54) is 12.1 Å². The molecule has 0 radical (unpaired) electrons. The molecule has 3 N–H and O–H groups in total. The SMILES string of the molecule is CN(C(N)=NCC(CO)Cc1ccc(OC(F)(F)F)cc1)C1CC1. The Morgan fingerprint density at radius 3 is 2.50 bits per heavy atom. The zero-order valence-corrected chi connectivity index (χ0v) is 13.5. The van der Waals surface area contributed by atoms with E-state index in [0.29, 0.717) is 25.0 Å². The molecule has 0 spiro atoms. The van der Waals surface area contributed by atoms with Crippen molar-refractivity contribution in [1.82, 2.24) is 4.90 Å². The lowest BCUT2D eigenvalue weighted by atomic mass is 10.0. The average molecular weight is 345 g/mol. The number of guanidine groups is 1. The fourth-order valence-electron chi connectivity index (χ4n) is 2.33. The van der Waals surface area contributed by atoms with Gasteiger partial charge in [-0.1, -0.05) is 12.1 Å². The number of halogens is 3. The lowest BCUT2D eigenvalue weighted by Crippen LogP contribution is -2.36. The van der Waals surface area contributed by atoms with Crippen molar-refractivity contribution in [2.75, 3.05) is 20.2 Å². The number of aliphatic hydroxyl groups is 1. The van der Waals surface area contributed by atoms with Gasteiger partial charge in [-0.05, 0) is 37.0 Å². The molecule has 1 fully saturated rings. The fraction of sp³-hybridized carbons (Fsp3) is 0.562. The Morgan fingerprint density at radius 1 is 1.38 bits per heavy atom. The van der Waals surface area contributed by atoms with Crippen LogP contribution in [0.2, 0.25) is 0 Å². The lowest BCUT2D eigenvalue weighted by Gasteiger charge is -2.18. The topological polar surface area (TPSA) is 71.1 Å². The maximum absolute atomic E-state index is 12.1. The van der Waals surface area contributed by atoms with Gasteiger partial charge in [0.2, 0.25) is 0 Å². The van der Waals surface area contributed by atoms with Crippen LogP contribution in [0.5, 0.6) is 5.75 Å². The lowest BCUT2D eigenvalue weighted by molar-refractivity contribution is -0.274. The van der Waals surface area contributed by atoms with Gasteiger partial charge in [-0.3, -0.25) is 4.99 Å². The number of aliphatic hydroxyl groups excluding tert-OH is 1. The van der Waals surface area contributed by atoms with Crippen molar-refractivity contribution in [3.05, 3.63) is 29.8 Å². The highest BCUT2D eigenvalue weighted by molar-refractivity contribution is 5.78. The summed E-state index contributed by atoms with van der Waals surface area (Å²) in [6.07, 6.45) is -1.98. The summed E-state index contributed by atoms with van der Waals surface area (Å²) in [5.74, 6) is 0.0375. The highest BCUT2D eigenvalue weighted by Gasteiger charge is 2.31. The van der Waals surface area contributed by atoms with Crippen LogP contribution < -0.4 is 10.5 Å². The van der Waals surface area contributed by atoms with Crippen LogP contribution in [0, 0.1) is 5.92 Å². The second kappa shape index (κ2) is 7.74. The van der Waals surface area contributed by atoms with Crippen LogP contribution >= 0.6 is 0 Å². The second-order valence-corrected chi connectivity index (χ2v) is 5.99. The Hall–Kier alpha value is -1.96. The maximum atomic E-state index is 12.1. The minimum absolute atomic E-state index is 0.0786. The summed E-state index contributed by atoms with van der Waals surface area (Å²) in [7, 11) is 1.89. The van der Waals surface area contributed by atoms with Gasteiger partial charge < -0.3 is 20.5 Å². The maximum Gasteiger partial charge on any atom is 0.573 e. The Kier molecular flexibility index (Phi) is 5.93. The van der Waals surface area contributed by atoms with Crippen LogP contribution in [-0.4, -0.2) is 48.6 Å². The zero-order chi connectivity index (χ0) is 17.7. The van der Waals surface area contributed by atoms with E-state index < -0.39 is 6.36 Å². The number of rotatable bonds is 7. The number of aliphatic imine (C=N–C) groups is 1. The van der Waals surface area contributed by atoms with E-state index in [2.05, 4.69) is 9.73 Å². The third-order valence-electron chi connectivity index (χ3n) is 3.91. The third kappa shape index (κ3) is 5.92. The van der Waals surface area contributed by atoms with Gasteiger partial charge in [0.15, 0.2) is 5.96 Å². The molecular weight excluding hydrogens is 323 g/mol. The summed E-state index contributed by atoms with van der Waals surface area (Å²) in [6, 6.07) is 6.08. The number of ether oxygens (including phenoxy) is 1. The highest BCUT2D eigenvalue weighted by atomic mass is 19.4. The van der Waals surface area contributed by atoms with E-state index >= 15 is 0 Å². The highest BCUT2D eigenvalue weighted by Crippen LogP contribution is 2.25. The number of nitrogens with zero attached hydrogens (tertiary/aromatic N) is 2. The van der Waals surface area contributed by atoms with E-state index in [0.717, 1.165) is 18.4 Å². The van der Waals surface area contributed by atoms with Gasteiger partial charge >= 0.3 is 6.36 Å². The molecule has 8 heteroatoms. The Morgan fingerprint density at radius 2 is 2.00 bits per heavy atom. The summed E-state index contributed by atoms with van der Waals surface area (Å²) in [5, 5.41) is 9.47. The molecule has 1 aromatic rings. The number of alkyl halides is 3. The molecule has 0 saturated heterocycles. The Balaban J connectivity index is 1.88. The first kappa shape index (κ1) is 18.4. The Bertz CT molecular complexity index is 557. The molecule has 0 aliphatic heterocycles. The van der Waals surface area contributed by atoms with Crippen molar-refractivity contribution in [1.29, 1.82) is 0 Å². The van der Waals surface area contributed by atoms with Crippen molar-refractivity contribution < 1.29 is 23.0 Å². The van der Waals surface area contributed by atoms with Crippen molar-refractivity contribution >= 4 is 5.96 Å². The second-order valence-electron chi connectivity index (χ2n) is 5.99. The molecule has 1 aromatic carbocycles. The van der Waals surface area contributed by atoms with Gasteiger partial charge in [0, 0.05) is 32.2 Å². The van der Waals surface area contributed by atoms with Gasteiger partial charge in [0.05, 0.1) is 0 Å². The monoisotopic (exact) mass is 345 g/mol. The number of hydrogen-bond donors (Lipinski definition) is 2. The predicted octanol–water partition coefficient (Wildman–Crippen LogP) is 2.15. The molecule has 1 aliphatic rings. The summed E-state index contributed by atoms with van der Waals surface area (Å²) in [5.41, 5.74) is 6.70. The van der Waals surface area contributed by atoms with Crippen LogP contribution in [0.4, 0.5) is 13.2 Å². The molecule has 5 nitrogen and oxygen atoms in total. The van der Waals surface area contributed by atoms with Gasteiger partial charge in [-0.2, -0.15) is 0 Å². The molecule has 2 rings (SSSR count). The molecule has 1 aliphatic carbocycles. The van der Waals surface area contributed by atoms with Crippen LogP contribution in [-0.2, 0) is 6.42 Å². The molecule has 0 bridgehead atoms. The molecule has 0 aromatic heterocycles. The van der Waals surface area contributed by atoms with E-state index in [1.54, 1.807) is 12.1 Å². The zero-order valence-electron chi connectivity index (χ0n) is 13.5. The summed E-state index contributed by atoms with van der Waals surface area (Å²) in [4.78, 5) is 6.23. The van der Waals surface area contributed by atoms with Crippen molar-refractivity contribution in [2.24, 2.45) is 16.6 Å². The minimum atomic E-state index is -4.70. The van der Waals surface area contributed by atoms with E-state index in [9.17, 15) is 18.3 Å². The smallest absolute Gasteiger partial charge is 0.406 e. The number of hydrogen-bond acceptors (Lipinski definition) is 3. The van der Waals surface area contributed by atoms with Crippen molar-refractivity contribution in [2.45, 2.75) is 31.7 Å². The van der Waals surface area contributed by atoms with Gasteiger partial charge in [0.25, 0.3) is 0 Å². The van der Waals surface area contributed by atoms with Gasteiger partial charge in [-0.15, -0.1) is 13.2 Å². The molecule has 134 valence electrons. The third-order valence-corrected chi connectivity index (χ3v) is 3.91. The Labute approximate surface area is 138 Å². The van der Waals surface area contributed by atoms with Gasteiger partial charge in [0.1, 0.15) is 5.75 Å². The quantitative estimate of drug-likeness (QED) is 0.587. The first-order valence-corrected chi connectivity index (χ1v) is 7.77. The molecule has 24 heavy (non-hydrogen) atoms. The molecule has 0 amide bonds. The molecule has 1 saturated carbocycles. The standard InChI is InChI=1S/C16H22F3N3O2/c1-22(13-4-5-13)15(20)21-9-12(10-23)8-11-2-6-14(7-3-11)24-16(17,18)19/h2-3,6-7,12-13,23H,4-5,8-10H2,1H3,(H2,20,21). The summed E-state index contributed by atoms with van der Waals surface area (Å²) < 4.78 is 40.2. The predicted molar refractivity (Wildman–Crippen MR) is 84.7 cm³/mol. The van der Waals surface area contributed by atoms with Crippen LogP contribution in [0.15, 0.2) is 29.3 Å². The fourth-order valence-corrected chi connectivity index (χ4v) is 2.33. The average Bonchev–Trinajstić information content (AvgIpc) is 3.35. The minimum Gasteiger partial charge on any atom is -0.406 e. The number of benzene rings is 1. The van der Waals surface area contributed by atoms with Crippen molar-refractivity contribution in [3.8, 4) is 5.75 Å². The van der Waals surface area contributed by atoms with Crippen LogP contribution in [0.1, 0.15) is 18.4 Å². The van der Waals surface area contributed by atoms with E-state index in [1.807, 2.05) is 11.9 Å². The van der Waals surface area contributed by atoms with E-state index in [-0.39, 0.29) is 18.3 Å². The molecule has 0 heterocycles.